The quantitative estimate of drug-likeness (QED) is 0.514. The van der Waals surface area contributed by atoms with Crippen molar-refractivity contribution in [3.05, 3.63) is 23.9 Å². The largest absolute Gasteiger partial charge is 0.362 e. The third-order valence-corrected chi connectivity index (χ3v) is 1.59. The highest BCUT2D eigenvalue weighted by atomic mass is 15.2. The zero-order chi connectivity index (χ0) is 6.85. The van der Waals surface area contributed by atoms with Crippen LogP contribution >= 0.6 is 0 Å². The first kappa shape index (κ1) is 6.36. The van der Waals surface area contributed by atoms with E-state index in [1.165, 1.54) is 5.57 Å². The number of likely N-dealkylation sites (N-methyl/N-ethyl adjacent to an activating group) is 1. The second-order valence-corrected chi connectivity index (χ2v) is 2.36. The molecule has 2 heteroatoms. The van der Waals surface area contributed by atoms with E-state index in [1.54, 1.807) is 0 Å². The fraction of sp³-hybridized carbons (Fsp3) is 0.429. The third-order valence-electron chi connectivity index (χ3n) is 1.59. The second-order valence-electron chi connectivity index (χ2n) is 2.36. The smallest absolute Gasteiger partial charge is 0.0983 e. The van der Waals surface area contributed by atoms with Gasteiger partial charge in [0.25, 0.3) is 0 Å². The van der Waals surface area contributed by atoms with Gasteiger partial charge in [-0.05, 0) is 18.6 Å². The fourth-order valence-corrected chi connectivity index (χ4v) is 0.843. The Morgan fingerprint density at radius 1 is 1.67 bits per heavy atom. The molecule has 2 nitrogen and oxygen atoms in total. The van der Waals surface area contributed by atoms with Crippen LogP contribution in [0, 0.1) is 0 Å². The third kappa shape index (κ3) is 1.13. The molecule has 0 fully saturated rings. The molecule has 0 spiro atoms. The van der Waals surface area contributed by atoms with E-state index in [-0.39, 0.29) is 6.17 Å². The summed E-state index contributed by atoms with van der Waals surface area (Å²) < 4.78 is 0. The number of hydrogen-bond acceptors (Lipinski definition) is 2. The molecule has 1 heterocycles. The van der Waals surface area contributed by atoms with E-state index in [4.69, 9.17) is 5.73 Å². The molecule has 1 unspecified atom stereocenters. The van der Waals surface area contributed by atoms with Crippen LogP contribution in [0.15, 0.2) is 23.9 Å². The van der Waals surface area contributed by atoms with Crippen LogP contribution in [0.5, 0.6) is 0 Å². The van der Waals surface area contributed by atoms with Gasteiger partial charge >= 0.3 is 0 Å². The number of hydrogen-bond donors (Lipinski definition) is 1. The molecule has 0 radical (unpaired) electrons. The molecule has 0 saturated heterocycles. The van der Waals surface area contributed by atoms with E-state index in [1.807, 2.05) is 37.2 Å². The summed E-state index contributed by atoms with van der Waals surface area (Å²) in [6.45, 7) is 2.03. The molecule has 1 aliphatic heterocycles. The average molecular weight is 124 g/mol. The van der Waals surface area contributed by atoms with E-state index < -0.39 is 0 Å². The number of allylic oxidation sites excluding steroid dienone is 2. The summed E-state index contributed by atoms with van der Waals surface area (Å²) >= 11 is 0. The van der Waals surface area contributed by atoms with Crippen molar-refractivity contribution in [1.29, 1.82) is 0 Å². The van der Waals surface area contributed by atoms with Gasteiger partial charge < -0.3 is 10.6 Å². The lowest BCUT2D eigenvalue weighted by Crippen LogP contribution is -2.37. The highest BCUT2D eigenvalue weighted by molar-refractivity contribution is 5.19. The normalized spacial score (nSPS) is 26.3. The van der Waals surface area contributed by atoms with Crippen LogP contribution in [0.25, 0.3) is 0 Å². The maximum atomic E-state index is 5.73. The molecule has 0 amide bonds. The van der Waals surface area contributed by atoms with E-state index in [0.29, 0.717) is 0 Å². The van der Waals surface area contributed by atoms with Gasteiger partial charge in [0.15, 0.2) is 0 Å². The molecule has 0 aliphatic carbocycles. The molecule has 0 aromatic heterocycles. The zero-order valence-corrected chi connectivity index (χ0v) is 5.83. The van der Waals surface area contributed by atoms with Crippen molar-refractivity contribution >= 4 is 0 Å². The lowest BCUT2D eigenvalue weighted by atomic mass is 10.2. The van der Waals surface area contributed by atoms with Crippen LogP contribution in [-0.2, 0) is 0 Å². The first-order valence-corrected chi connectivity index (χ1v) is 3.04. The molecule has 1 atom stereocenters. The van der Waals surface area contributed by atoms with Gasteiger partial charge in [0.2, 0.25) is 0 Å². The van der Waals surface area contributed by atoms with E-state index >= 15 is 0 Å². The summed E-state index contributed by atoms with van der Waals surface area (Å²) in [5, 5.41) is 0. The van der Waals surface area contributed by atoms with Gasteiger partial charge in [0.1, 0.15) is 0 Å². The lowest BCUT2D eigenvalue weighted by Gasteiger charge is -2.25. The van der Waals surface area contributed by atoms with Gasteiger partial charge in [-0.25, -0.2) is 0 Å². The van der Waals surface area contributed by atoms with E-state index in [9.17, 15) is 0 Å². The van der Waals surface area contributed by atoms with Gasteiger partial charge in [-0.1, -0.05) is 6.08 Å². The summed E-state index contributed by atoms with van der Waals surface area (Å²) in [5.74, 6) is 0. The Hall–Kier alpha value is -0.760. The molecule has 50 valence electrons. The fourth-order valence-electron chi connectivity index (χ4n) is 0.843. The maximum Gasteiger partial charge on any atom is 0.0983 e. The monoisotopic (exact) mass is 124 g/mol. The number of nitrogens with zero attached hydrogens (tertiary/aromatic N) is 1. The Labute approximate surface area is 55.6 Å². The van der Waals surface area contributed by atoms with Gasteiger partial charge in [-0.3, -0.25) is 0 Å². The summed E-state index contributed by atoms with van der Waals surface area (Å²) in [7, 11) is 1.97. The van der Waals surface area contributed by atoms with Gasteiger partial charge in [-0.15, -0.1) is 0 Å². The van der Waals surface area contributed by atoms with Crippen LogP contribution in [0.4, 0.5) is 0 Å². The average Bonchev–Trinajstić information content (AvgIpc) is 1.83. The molecule has 0 aromatic carbocycles. The predicted molar refractivity (Wildman–Crippen MR) is 38.6 cm³/mol. The number of rotatable bonds is 0. The van der Waals surface area contributed by atoms with Crippen molar-refractivity contribution in [2.24, 2.45) is 5.73 Å². The Bertz CT molecular complexity index is 158. The Kier molecular flexibility index (Phi) is 1.58. The SMILES string of the molecule is CC1=CC=CN(C)C1N. The maximum absolute atomic E-state index is 5.73. The van der Waals surface area contributed by atoms with Crippen LogP contribution in [0.3, 0.4) is 0 Å². The van der Waals surface area contributed by atoms with Gasteiger partial charge in [-0.2, -0.15) is 0 Å². The second kappa shape index (κ2) is 2.23. The van der Waals surface area contributed by atoms with Crippen molar-refractivity contribution in [3.8, 4) is 0 Å². The highest BCUT2D eigenvalue weighted by Gasteiger charge is 2.08. The molecular formula is C7H12N2. The van der Waals surface area contributed by atoms with Crippen molar-refractivity contribution in [3.63, 3.8) is 0 Å². The van der Waals surface area contributed by atoms with Crippen molar-refractivity contribution in [1.82, 2.24) is 4.90 Å². The van der Waals surface area contributed by atoms with Crippen LogP contribution in [0.1, 0.15) is 6.92 Å². The Morgan fingerprint density at radius 2 is 2.33 bits per heavy atom. The summed E-state index contributed by atoms with van der Waals surface area (Å²) in [4.78, 5) is 1.98. The minimum Gasteiger partial charge on any atom is -0.362 e. The molecule has 0 bridgehead atoms. The Morgan fingerprint density at radius 3 is 2.78 bits per heavy atom. The Balaban J connectivity index is 2.73. The molecular weight excluding hydrogens is 112 g/mol. The minimum atomic E-state index is 0.0787. The molecule has 0 saturated carbocycles. The molecule has 9 heavy (non-hydrogen) atoms. The summed E-state index contributed by atoms with van der Waals surface area (Å²) in [5.41, 5.74) is 6.94. The topological polar surface area (TPSA) is 29.3 Å². The van der Waals surface area contributed by atoms with Gasteiger partial charge in [0.05, 0.1) is 6.17 Å². The van der Waals surface area contributed by atoms with Crippen molar-refractivity contribution in [2.75, 3.05) is 7.05 Å². The molecule has 0 aromatic rings. The lowest BCUT2D eigenvalue weighted by molar-refractivity contribution is 0.372. The zero-order valence-electron chi connectivity index (χ0n) is 5.83. The number of nitrogens with two attached hydrogens (primary N) is 1. The minimum absolute atomic E-state index is 0.0787. The first-order chi connectivity index (χ1) is 4.22. The van der Waals surface area contributed by atoms with Crippen LogP contribution in [-0.4, -0.2) is 18.1 Å². The van der Waals surface area contributed by atoms with Crippen molar-refractivity contribution in [2.45, 2.75) is 13.1 Å². The van der Waals surface area contributed by atoms with E-state index in [0.717, 1.165) is 0 Å². The summed E-state index contributed by atoms with van der Waals surface area (Å²) in [6, 6.07) is 0. The predicted octanol–water partition coefficient (Wildman–Crippen LogP) is 0.677. The van der Waals surface area contributed by atoms with E-state index in [2.05, 4.69) is 0 Å². The van der Waals surface area contributed by atoms with Crippen LogP contribution in [0.2, 0.25) is 0 Å². The standard InChI is InChI=1S/C7H12N2/c1-6-4-3-5-9(2)7(6)8/h3-5,7H,8H2,1-2H3. The molecule has 2 N–H and O–H groups in total. The van der Waals surface area contributed by atoms with Crippen LogP contribution < -0.4 is 5.73 Å². The van der Waals surface area contributed by atoms with Gasteiger partial charge in [0, 0.05) is 13.2 Å². The highest BCUT2D eigenvalue weighted by Crippen LogP contribution is 2.08. The first-order valence-electron chi connectivity index (χ1n) is 3.04. The molecule has 1 aliphatic rings. The summed E-state index contributed by atoms with van der Waals surface area (Å²) in [6.07, 6.45) is 6.08. The van der Waals surface area contributed by atoms with Crippen molar-refractivity contribution < 1.29 is 0 Å². The molecule has 1 rings (SSSR count).